The van der Waals surface area contributed by atoms with E-state index in [1.54, 1.807) is 7.11 Å². The second-order valence-corrected chi connectivity index (χ2v) is 9.50. The maximum atomic E-state index is 12.9. The van der Waals surface area contributed by atoms with E-state index in [0.717, 1.165) is 27.4 Å². The van der Waals surface area contributed by atoms with Crippen LogP contribution in [0.25, 0.3) is 0 Å². The summed E-state index contributed by atoms with van der Waals surface area (Å²) in [5.74, 6) is 0.747. The predicted octanol–water partition coefficient (Wildman–Crippen LogP) is 3.71. The van der Waals surface area contributed by atoms with Crippen molar-refractivity contribution >= 4 is 33.2 Å². The van der Waals surface area contributed by atoms with Crippen molar-refractivity contribution in [3.63, 3.8) is 0 Å². The van der Waals surface area contributed by atoms with Crippen molar-refractivity contribution in [3.8, 4) is 17.2 Å². The van der Waals surface area contributed by atoms with E-state index in [2.05, 4.69) is 5.32 Å². The number of carbonyl (C=O) groups is 1. The first-order chi connectivity index (χ1) is 15.0. The molecule has 0 aliphatic rings. The molecule has 1 atom stereocenters. The summed E-state index contributed by atoms with van der Waals surface area (Å²) < 4.78 is 41.9. The summed E-state index contributed by atoms with van der Waals surface area (Å²) in [6.07, 6.45) is 1.64. The van der Waals surface area contributed by atoms with Gasteiger partial charge in [-0.2, -0.15) is 0 Å². The summed E-state index contributed by atoms with van der Waals surface area (Å²) in [5, 5.41) is 3.17. The Bertz CT molecular complexity index is 1070. The van der Waals surface area contributed by atoms with Crippen LogP contribution in [-0.2, 0) is 14.8 Å². The Morgan fingerprint density at radius 1 is 1.06 bits per heavy atom. The summed E-state index contributed by atoms with van der Waals surface area (Å²) in [7, 11) is 0.574. The number of aryl methyl sites for hydroxylation is 1. The second-order valence-electron chi connectivity index (χ2n) is 7.19. The van der Waals surface area contributed by atoms with Gasteiger partial charge < -0.3 is 19.5 Å². The van der Waals surface area contributed by atoms with E-state index >= 15 is 0 Å². The van der Waals surface area contributed by atoms with Crippen LogP contribution >= 0.6 is 11.6 Å². The number of anilines is 1. The molecule has 0 radical (unpaired) electrons. The molecule has 32 heavy (non-hydrogen) atoms. The Morgan fingerprint density at radius 3 is 2.19 bits per heavy atom. The van der Waals surface area contributed by atoms with Crippen molar-refractivity contribution in [3.05, 3.63) is 46.5 Å². The molecule has 2 aromatic rings. The summed E-state index contributed by atoms with van der Waals surface area (Å²) in [4.78, 5) is 12.9. The zero-order valence-electron chi connectivity index (χ0n) is 19.1. The number of benzene rings is 2. The Hall–Kier alpha value is -2.65. The second kappa shape index (κ2) is 10.8. The summed E-state index contributed by atoms with van der Waals surface area (Å²) in [6.45, 7) is 3.42. The molecule has 0 unspecified atom stereocenters. The molecule has 0 aromatic heterocycles. The molecule has 10 heteroatoms. The molecular weight excluding hydrogens is 456 g/mol. The van der Waals surface area contributed by atoms with Crippen LogP contribution in [-0.4, -0.2) is 48.5 Å². The van der Waals surface area contributed by atoms with Gasteiger partial charge in [0, 0.05) is 12.1 Å². The van der Waals surface area contributed by atoms with Gasteiger partial charge in [0.05, 0.1) is 44.3 Å². The van der Waals surface area contributed by atoms with Gasteiger partial charge in [0.1, 0.15) is 23.8 Å². The average Bonchev–Trinajstić information content (AvgIpc) is 2.74. The topological polar surface area (TPSA) is 94.2 Å². The highest BCUT2D eigenvalue weighted by atomic mass is 35.5. The lowest BCUT2D eigenvalue weighted by molar-refractivity contribution is -0.120. The Labute approximate surface area is 194 Å². The highest BCUT2D eigenvalue weighted by molar-refractivity contribution is 7.92. The molecule has 0 spiro atoms. The van der Waals surface area contributed by atoms with Crippen LogP contribution in [0.1, 0.15) is 30.5 Å². The minimum Gasteiger partial charge on any atom is -0.496 e. The van der Waals surface area contributed by atoms with Crippen LogP contribution in [0, 0.1) is 6.92 Å². The predicted molar refractivity (Wildman–Crippen MR) is 126 cm³/mol. The number of sulfonamides is 1. The average molecular weight is 485 g/mol. The van der Waals surface area contributed by atoms with Crippen LogP contribution in [0.15, 0.2) is 30.3 Å². The lowest BCUT2D eigenvalue weighted by Gasteiger charge is -2.26. The maximum Gasteiger partial charge on any atom is 0.241 e. The van der Waals surface area contributed by atoms with Gasteiger partial charge in [0.25, 0.3) is 0 Å². The third kappa shape index (κ3) is 5.98. The lowest BCUT2D eigenvalue weighted by Crippen LogP contribution is -2.41. The van der Waals surface area contributed by atoms with Crippen molar-refractivity contribution in [2.75, 3.05) is 38.4 Å². The first kappa shape index (κ1) is 25.6. The molecule has 176 valence electrons. The fraction of sp³-hybridized carbons (Fsp3) is 0.409. The Morgan fingerprint density at radius 2 is 1.69 bits per heavy atom. The van der Waals surface area contributed by atoms with E-state index in [0.29, 0.717) is 6.42 Å². The molecule has 2 aromatic carbocycles. The molecule has 0 heterocycles. The standard InChI is InChI=1S/C22H29ClN2O6S/c1-7-17(15-8-9-19(29-3)14(2)10-15)24-22(26)13-25(32(6,27)28)18-12-20(30-4)16(23)11-21(18)31-5/h8-12,17H,7,13H2,1-6H3,(H,24,26)/t17-/m1/s1. The quantitative estimate of drug-likeness (QED) is 0.552. The highest BCUT2D eigenvalue weighted by Crippen LogP contribution is 2.39. The summed E-state index contributed by atoms with van der Waals surface area (Å²) in [6, 6.07) is 8.24. The fourth-order valence-electron chi connectivity index (χ4n) is 3.33. The van der Waals surface area contributed by atoms with Crippen molar-refractivity contribution in [1.29, 1.82) is 0 Å². The Kier molecular flexibility index (Phi) is 8.63. The molecule has 2 rings (SSSR count). The van der Waals surface area contributed by atoms with Crippen LogP contribution in [0.4, 0.5) is 5.69 Å². The van der Waals surface area contributed by atoms with E-state index in [-0.39, 0.29) is 28.3 Å². The smallest absolute Gasteiger partial charge is 0.241 e. The van der Waals surface area contributed by atoms with E-state index in [1.807, 2.05) is 32.0 Å². The molecule has 0 saturated carbocycles. The monoisotopic (exact) mass is 484 g/mol. The van der Waals surface area contributed by atoms with Crippen LogP contribution in [0.5, 0.6) is 17.2 Å². The number of hydrogen-bond donors (Lipinski definition) is 1. The van der Waals surface area contributed by atoms with Gasteiger partial charge in [-0.05, 0) is 30.5 Å². The molecule has 8 nitrogen and oxygen atoms in total. The molecule has 1 N–H and O–H groups in total. The molecule has 0 bridgehead atoms. The van der Waals surface area contributed by atoms with Gasteiger partial charge in [0.15, 0.2) is 0 Å². The summed E-state index contributed by atoms with van der Waals surface area (Å²) >= 11 is 6.13. The molecule has 0 aliphatic carbocycles. The lowest BCUT2D eigenvalue weighted by atomic mass is 10.0. The number of nitrogens with one attached hydrogen (secondary N) is 1. The number of carbonyl (C=O) groups excluding carboxylic acids is 1. The Balaban J connectivity index is 2.34. The van der Waals surface area contributed by atoms with Gasteiger partial charge in [-0.25, -0.2) is 8.42 Å². The van der Waals surface area contributed by atoms with Crippen LogP contribution in [0.2, 0.25) is 5.02 Å². The molecule has 0 aliphatic heterocycles. The first-order valence-electron chi connectivity index (χ1n) is 9.88. The van der Waals surface area contributed by atoms with E-state index in [4.69, 9.17) is 25.8 Å². The van der Waals surface area contributed by atoms with Crippen LogP contribution in [0.3, 0.4) is 0 Å². The van der Waals surface area contributed by atoms with Gasteiger partial charge >= 0.3 is 0 Å². The SMILES string of the molecule is CC[C@@H](NC(=O)CN(c1cc(OC)c(Cl)cc1OC)S(C)(=O)=O)c1ccc(OC)c(C)c1. The summed E-state index contributed by atoms with van der Waals surface area (Å²) in [5.41, 5.74) is 1.99. The van der Waals surface area contributed by atoms with Gasteiger partial charge in [0.2, 0.25) is 15.9 Å². The largest absolute Gasteiger partial charge is 0.496 e. The third-order valence-electron chi connectivity index (χ3n) is 4.97. The van der Waals surface area contributed by atoms with Crippen molar-refractivity contribution in [1.82, 2.24) is 5.32 Å². The molecule has 0 saturated heterocycles. The number of nitrogens with zero attached hydrogens (tertiary/aromatic N) is 1. The zero-order valence-corrected chi connectivity index (χ0v) is 20.6. The fourth-order valence-corrected chi connectivity index (χ4v) is 4.41. The molecule has 0 fully saturated rings. The number of halogens is 1. The number of rotatable bonds is 10. The minimum absolute atomic E-state index is 0.153. The molecule has 1 amide bonds. The van der Waals surface area contributed by atoms with Gasteiger partial charge in [-0.15, -0.1) is 0 Å². The first-order valence-corrected chi connectivity index (χ1v) is 12.1. The zero-order chi connectivity index (χ0) is 24.1. The third-order valence-corrected chi connectivity index (χ3v) is 6.40. The molecular formula is C22H29ClN2O6S. The van der Waals surface area contributed by atoms with Crippen LogP contribution < -0.4 is 23.8 Å². The van der Waals surface area contributed by atoms with Crippen molar-refractivity contribution < 1.29 is 27.4 Å². The highest BCUT2D eigenvalue weighted by Gasteiger charge is 2.26. The normalized spacial score (nSPS) is 12.1. The maximum absolute atomic E-state index is 12.9. The number of ether oxygens (including phenoxy) is 3. The van der Waals surface area contributed by atoms with Crippen molar-refractivity contribution in [2.45, 2.75) is 26.3 Å². The van der Waals surface area contributed by atoms with E-state index < -0.39 is 22.5 Å². The van der Waals surface area contributed by atoms with Crippen molar-refractivity contribution in [2.24, 2.45) is 0 Å². The number of methoxy groups -OCH3 is 3. The number of hydrogen-bond acceptors (Lipinski definition) is 6. The van der Waals surface area contributed by atoms with Gasteiger partial charge in [-0.1, -0.05) is 30.7 Å². The minimum atomic E-state index is -3.83. The number of amides is 1. The van der Waals surface area contributed by atoms with Gasteiger partial charge in [-0.3, -0.25) is 9.10 Å². The van der Waals surface area contributed by atoms with E-state index in [1.165, 1.54) is 26.4 Å². The van der Waals surface area contributed by atoms with E-state index in [9.17, 15) is 13.2 Å².